The predicted molar refractivity (Wildman–Crippen MR) is 65.8 cm³/mol. The van der Waals surface area contributed by atoms with Gasteiger partial charge in [-0.1, -0.05) is 6.07 Å². The molecule has 2 aromatic rings. The summed E-state index contributed by atoms with van der Waals surface area (Å²) >= 11 is 0. The van der Waals surface area contributed by atoms with Gasteiger partial charge in [0.1, 0.15) is 0 Å². The number of hydrogen-bond donors (Lipinski definition) is 2. The summed E-state index contributed by atoms with van der Waals surface area (Å²) in [5, 5.41) is 11.4. The second-order valence-corrected chi connectivity index (χ2v) is 3.92. The van der Waals surface area contributed by atoms with Gasteiger partial charge in [0.25, 0.3) is 5.91 Å². The maximum Gasteiger partial charge on any atom is 0.371 e. The molecule has 2 aromatic heterocycles. The summed E-state index contributed by atoms with van der Waals surface area (Å²) in [6.45, 7) is 1.78. The number of carbonyl (C=O) groups excluding carboxylic acids is 1. The Bertz CT molecular complexity index is 592. The summed E-state index contributed by atoms with van der Waals surface area (Å²) in [4.78, 5) is 26.6. The van der Waals surface area contributed by atoms with E-state index in [1.54, 1.807) is 25.3 Å². The third-order valence-corrected chi connectivity index (χ3v) is 2.52. The Hall–Kier alpha value is -2.63. The second-order valence-electron chi connectivity index (χ2n) is 3.92. The monoisotopic (exact) mass is 260 g/mol. The minimum atomic E-state index is -1.21. The molecule has 0 aliphatic carbocycles. The first-order valence-corrected chi connectivity index (χ1v) is 5.63. The average Bonchev–Trinajstić information content (AvgIpc) is 2.89. The molecule has 0 fully saturated rings. The highest BCUT2D eigenvalue weighted by Crippen LogP contribution is 2.12. The van der Waals surface area contributed by atoms with E-state index in [1.165, 1.54) is 12.1 Å². The Kier molecular flexibility index (Phi) is 3.61. The highest BCUT2D eigenvalue weighted by molar-refractivity contribution is 5.93. The lowest BCUT2D eigenvalue weighted by Gasteiger charge is -2.11. The van der Waals surface area contributed by atoms with Crippen LogP contribution in [0.2, 0.25) is 0 Å². The van der Waals surface area contributed by atoms with Gasteiger partial charge in [-0.25, -0.2) is 4.79 Å². The van der Waals surface area contributed by atoms with Crippen LogP contribution < -0.4 is 5.32 Å². The third-order valence-electron chi connectivity index (χ3n) is 2.52. The zero-order valence-corrected chi connectivity index (χ0v) is 10.2. The van der Waals surface area contributed by atoms with Crippen molar-refractivity contribution in [2.45, 2.75) is 13.0 Å². The number of nitrogens with zero attached hydrogens (tertiary/aromatic N) is 1. The van der Waals surface area contributed by atoms with Gasteiger partial charge in [0.15, 0.2) is 5.76 Å². The van der Waals surface area contributed by atoms with Crippen molar-refractivity contribution in [2.24, 2.45) is 0 Å². The topological polar surface area (TPSA) is 92.4 Å². The lowest BCUT2D eigenvalue weighted by atomic mass is 10.2. The van der Waals surface area contributed by atoms with Crippen molar-refractivity contribution in [3.63, 3.8) is 0 Å². The number of nitrogens with one attached hydrogen (secondary N) is 1. The largest absolute Gasteiger partial charge is 0.475 e. The minimum Gasteiger partial charge on any atom is -0.475 e. The molecule has 1 unspecified atom stereocenters. The first-order chi connectivity index (χ1) is 9.08. The van der Waals surface area contributed by atoms with Gasteiger partial charge in [0.05, 0.1) is 11.7 Å². The number of hydrogen-bond acceptors (Lipinski definition) is 4. The fraction of sp³-hybridized carbons (Fsp3) is 0.154. The van der Waals surface area contributed by atoms with Gasteiger partial charge in [-0.3, -0.25) is 9.78 Å². The van der Waals surface area contributed by atoms with Crippen molar-refractivity contribution >= 4 is 11.9 Å². The van der Waals surface area contributed by atoms with Crippen molar-refractivity contribution in [1.29, 1.82) is 0 Å². The van der Waals surface area contributed by atoms with E-state index < -0.39 is 11.9 Å². The van der Waals surface area contributed by atoms with Gasteiger partial charge in [-0.15, -0.1) is 0 Å². The SMILES string of the molecule is CC(NC(=O)c1ccc(C(=O)O)o1)c1ccccn1. The summed E-state index contributed by atoms with van der Waals surface area (Å²) in [6, 6.07) is 7.65. The second kappa shape index (κ2) is 5.34. The van der Waals surface area contributed by atoms with Gasteiger partial charge in [-0.05, 0) is 31.2 Å². The molecule has 2 rings (SSSR count). The third kappa shape index (κ3) is 2.98. The standard InChI is InChI=1S/C13H12N2O4/c1-8(9-4-2-3-7-14-9)15-12(16)10-5-6-11(19-10)13(17)18/h2-8H,1H3,(H,15,16)(H,17,18). The number of aromatic carboxylic acids is 1. The van der Waals surface area contributed by atoms with Crippen LogP contribution in [-0.2, 0) is 0 Å². The molecule has 2 N–H and O–H groups in total. The number of amides is 1. The summed E-state index contributed by atoms with van der Waals surface area (Å²) in [6.07, 6.45) is 1.63. The maximum absolute atomic E-state index is 11.8. The Labute approximate surface area is 109 Å². The molecule has 0 bridgehead atoms. The zero-order valence-electron chi connectivity index (χ0n) is 10.2. The molecule has 98 valence electrons. The van der Waals surface area contributed by atoms with Crippen LogP contribution in [0.4, 0.5) is 0 Å². The predicted octanol–water partition coefficient (Wildman–Crippen LogP) is 1.86. The molecule has 0 saturated heterocycles. The smallest absolute Gasteiger partial charge is 0.371 e. The van der Waals surface area contributed by atoms with E-state index in [4.69, 9.17) is 9.52 Å². The molecule has 0 aromatic carbocycles. The molecule has 6 nitrogen and oxygen atoms in total. The van der Waals surface area contributed by atoms with Crippen LogP contribution in [0.5, 0.6) is 0 Å². The molecule has 0 spiro atoms. The van der Waals surface area contributed by atoms with Gasteiger partial charge in [0.2, 0.25) is 5.76 Å². The molecular formula is C13H12N2O4. The summed E-state index contributed by atoms with van der Waals surface area (Å²) in [5.74, 6) is -2.00. The molecule has 6 heteroatoms. The molecule has 19 heavy (non-hydrogen) atoms. The van der Waals surface area contributed by atoms with Gasteiger partial charge < -0.3 is 14.8 Å². The van der Waals surface area contributed by atoms with Crippen molar-refractivity contribution in [3.8, 4) is 0 Å². The van der Waals surface area contributed by atoms with Gasteiger partial charge in [-0.2, -0.15) is 0 Å². The summed E-state index contributed by atoms with van der Waals surface area (Å²) in [7, 11) is 0. The van der Waals surface area contributed by atoms with Crippen LogP contribution in [0.1, 0.15) is 39.8 Å². The van der Waals surface area contributed by atoms with Crippen LogP contribution in [0, 0.1) is 0 Å². The molecule has 0 saturated carbocycles. The van der Waals surface area contributed by atoms with E-state index in [2.05, 4.69) is 10.3 Å². The molecule has 2 heterocycles. The molecule has 1 amide bonds. The summed E-state index contributed by atoms with van der Waals surface area (Å²) < 4.78 is 4.91. The molecule has 1 atom stereocenters. The highest BCUT2D eigenvalue weighted by Gasteiger charge is 2.17. The fourth-order valence-electron chi connectivity index (χ4n) is 1.55. The van der Waals surface area contributed by atoms with E-state index in [1.807, 2.05) is 6.07 Å². The number of carboxylic acids is 1. The molecule has 0 aliphatic rings. The number of carboxylic acid groups (broad SMARTS) is 1. The molecule has 0 aliphatic heterocycles. The molecule has 0 radical (unpaired) electrons. The zero-order chi connectivity index (χ0) is 13.8. The Morgan fingerprint density at radius 3 is 2.58 bits per heavy atom. The van der Waals surface area contributed by atoms with E-state index in [0.717, 1.165) is 0 Å². The number of pyridine rings is 1. The van der Waals surface area contributed by atoms with Crippen LogP contribution in [0.25, 0.3) is 0 Å². The van der Waals surface area contributed by atoms with E-state index in [0.29, 0.717) is 5.69 Å². The average molecular weight is 260 g/mol. The van der Waals surface area contributed by atoms with Crippen molar-refractivity contribution < 1.29 is 19.1 Å². The van der Waals surface area contributed by atoms with Crippen LogP contribution in [0.3, 0.4) is 0 Å². The van der Waals surface area contributed by atoms with E-state index in [-0.39, 0.29) is 17.6 Å². The maximum atomic E-state index is 11.8. The van der Waals surface area contributed by atoms with Gasteiger partial charge >= 0.3 is 5.97 Å². The lowest BCUT2D eigenvalue weighted by Crippen LogP contribution is -2.26. The Balaban J connectivity index is 2.06. The Morgan fingerprint density at radius 2 is 2.00 bits per heavy atom. The molecular weight excluding hydrogens is 248 g/mol. The van der Waals surface area contributed by atoms with E-state index >= 15 is 0 Å². The van der Waals surface area contributed by atoms with Crippen LogP contribution in [0.15, 0.2) is 40.9 Å². The van der Waals surface area contributed by atoms with Crippen molar-refractivity contribution in [2.75, 3.05) is 0 Å². The first kappa shape index (κ1) is 12.8. The lowest BCUT2D eigenvalue weighted by molar-refractivity contribution is 0.0659. The fourth-order valence-corrected chi connectivity index (χ4v) is 1.55. The first-order valence-electron chi connectivity index (χ1n) is 5.63. The quantitative estimate of drug-likeness (QED) is 0.875. The van der Waals surface area contributed by atoms with E-state index in [9.17, 15) is 9.59 Å². The number of furan rings is 1. The van der Waals surface area contributed by atoms with Crippen LogP contribution >= 0.6 is 0 Å². The van der Waals surface area contributed by atoms with Crippen LogP contribution in [-0.4, -0.2) is 22.0 Å². The number of rotatable bonds is 4. The normalized spacial score (nSPS) is 11.8. The number of carbonyl (C=O) groups is 2. The van der Waals surface area contributed by atoms with Crippen molar-refractivity contribution in [3.05, 3.63) is 53.7 Å². The van der Waals surface area contributed by atoms with Gasteiger partial charge in [0, 0.05) is 6.20 Å². The minimum absolute atomic E-state index is 0.0415. The highest BCUT2D eigenvalue weighted by atomic mass is 16.4. The Morgan fingerprint density at radius 1 is 1.26 bits per heavy atom. The number of aromatic nitrogens is 1. The summed E-state index contributed by atoms with van der Waals surface area (Å²) in [5.41, 5.74) is 0.709. The van der Waals surface area contributed by atoms with Crippen molar-refractivity contribution in [1.82, 2.24) is 10.3 Å².